The fraction of sp³-hybridized carbons (Fsp3) is 0.286. The van der Waals surface area contributed by atoms with Crippen LogP contribution < -0.4 is 10.1 Å². The summed E-state index contributed by atoms with van der Waals surface area (Å²) in [5, 5.41) is 3.52. The van der Waals surface area contributed by atoms with Gasteiger partial charge in [0.25, 0.3) is 0 Å². The summed E-state index contributed by atoms with van der Waals surface area (Å²) in [5.41, 5.74) is 4.44. The zero-order valence-electron chi connectivity index (χ0n) is 15.8. The summed E-state index contributed by atoms with van der Waals surface area (Å²) in [6.07, 6.45) is 0. The van der Waals surface area contributed by atoms with Gasteiger partial charge >= 0.3 is 0 Å². The Balaban J connectivity index is 1.84. The first-order valence-corrected chi connectivity index (χ1v) is 9.90. The second-order valence-electron chi connectivity index (χ2n) is 6.38. The van der Waals surface area contributed by atoms with E-state index in [-0.39, 0.29) is 0 Å². The lowest BCUT2D eigenvalue weighted by Crippen LogP contribution is -2.10. The topological polar surface area (TPSA) is 47.8 Å². The van der Waals surface area contributed by atoms with Crippen LogP contribution in [0.5, 0.6) is 5.75 Å². The molecule has 2 heterocycles. The molecule has 0 amide bonds. The van der Waals surface area contributed by atoms with Crippen molar-refractivity contribution < 1.29 is 9.47 Å². The maximum Gasteiger partial charge on any atom is 0.197 e. The Hall–Kier alpha value is -2.57. The minimum atomic E-state index is 0.636. The number of ether oxygens (including phenoxy) is 2. The molecule has 6 heteroatoms. The number of fused-ring (bicyclic) bond motifs is 3. The van der Waals surface area contributed by atoms with Crippen molar-refractivity contribution in [2.24, 2.45) is 0 Å². The van der Waals surface area contributed by atoms with Crippen LogP contribution in [-0.2, 0) is 4.74 Å². The highest BCUT2D eigenvalue weighted by atomic mass is 32.1. The van der Waals surface area contributed by atoms with Crippen molar-refractivity contribution in [1.82, 2.24) is 9.38 Å². The van der Waals surface area contributed by atoms with Crippen molar-refractivity contribution in [1.29, 1.82) is 0 Å². The van der Waals surface area contributed by atoms with E-state index in [1.807, 2.05) is 19.1 Å². The Morgan fingerprint density at radius 1 is 1.15 bits per heavy atom. The Morgan fingerprint density at radius 3 is 2.70 bits per heavy atom. The molecule has 0 saturated heterocycles. The summed E-state index contributed by atoms with van der Waals surface area (Å²) in [6.45, 7) is 6.12. The average molecular weight is 382 g/mol. The molecule has 0 fully saturated rings. The number of hydrogen-bond acceptors (Lipinski definition) is 5. The molecule has 4 rings (SSSR count). The van der Waals surface area contributed by atoms with E-state index in [0.717, 1.165) is 34.3 Å². The van der Waals surface area contributed by atoms with E-state index in [9.17, 15) is 0 Å². The van der Waals surface area contributed by atoms with Gasteiger partial charge in [0.1, 0.15) is 17.3 Å². The van der Waals surface area contributed by atoms with E-state index in [1.165, 1.54) is 15.8 Å². The molecule has 2 aromatic heterocycles. The second kappa shape index (κ2) is 7.58. The number of thiazole rings is 1. The van der Waals surface area contributed by atoms with E-state index in [0.29, 0.717) is 13.2 Å². The smallest absolute Gasteiger partial charge is 0.197 e. The Kier molecular flexibility index (Phi) is 5.01. The first-order valence-electron chi connectivity index (χ1n) is 9.09. The van der Waals surface area contributed by atoms with Crippen molar-refractivity contribution in [3.05, 3.63) is 48.0 Å². The number of anilines is 1. The SMILES string of the molecule is CCOc1ccc(-c2nc3sc4cc(C)ccc4n3c2NCCOC)cc1. The molecule has 0 radical (unpaired) electrons. The summed E-state index contributed by atoms with van der Waals surface area (Å²) < 4.78 is 14.2. The van der Waals surface area contributed by atoms with Crippen LogP contribution in [0.3, 0.4) is 0 Å². The minimum Gasteiger partial charge on any atom is -0.494 e. The first-order chi connectivity index (χ1) is 13.2. The number of nitrogens with one attached hydrogen (secondary N) is 1. The molecule has 0 bridgehead atoms. The van der Waals surface area contributed by atoms with Crippen LogP contribution in [0.15, 0.2) is 42.5 Å². The molecule has 1 N–H and O–H groups in total. The summed E-state index contributed by atoms with van der Waals surface area (Å²) in [6, 6.07) is 14.6. The fourth-order valence-electron chi connectivity index (χ4n) is 3.19. The summed E-state index contributed by atoms with van der Waals surface area (Å²) >= 11 is 1.71. The van der Waals surface area contributed by atoms with E-state index in [1.54, 1.807) is 18.4 Å². The van der Waals surface area contributed by atoms with E-state index >= 15 is 0 Å². The van der Waals surface area contributed by atoms with Crippen molar-refractivity contribution in [3.63, 3.8) is 0 Å². The monoisotopic (exact) mass is 381 g/mol. The van der Waals surface area contributed by atoms with Crippen molar-refractivity contribution in [2.75, 3.05) is 32.2 Å². The van der Waals surface area contributed by atoms with Gasteiger partial charge < -0.3 is 14.8 Å². The van der Waals surface area contributed by atoms with Gasteiger partial charge in [0.05, 0.1) is 23.4 Å². The molecular weight excluding hydrogens is 358 g/mol. The van der Waals surface area contributed by atoms with Crippen LogP contribution in [0.2, 0.25) is 0 Å². The standard InChI is InChI=1S/C21H23N3O2S/c1-4-26-16-8-6-15(7-9-16)19-20(22-11-12-25-3)24-17-10-5-14(2)13-18(17)27-21(24)23-19/h5-10,13,22H,4,11-12H2,1-3H3. The quantitative estimate of drug-likeness (QED) is 0.459. The maximum atomic E-state index is 5.56. The van der Waals surface area contributed by atoms with Gasteiger partial charge in [-0.3, -0.25) is 4.40 Å². The van der Waals surface area contributed by atoms with E-state index < -0.39 is 0 Å². The molecule has 4 aromatic rings. The molecule has 0 aliphatic rings. The third kappa shape index (κ3) is 3.38. The third-order valence-corrected chi connectivity index (χ3v) is 5.44. The number of methoxy groups -OCH3 is 1. The second-order valence-corrected chi connectivity index (χ2v) is 7.39. The van der Waals surface area contributed by atoms with E-state index in [4.69, 9.17) is 14.5 Å². The molecule has 0 saturated carbocycles. The largest absolute Gasteiger partial charge is 0.494 e. The molecular formula is C21H23N3O2S. The summed E-state index contributed by atoms with van der Waals surface area (Å²) in [7, 11) is 1.71. The molecule has 0 unspecified atom stereocenters. The molecule has 0 aliphatic heterocycles. The molecule has 0 atom stereocenters. The van der Waals surface area contributed by atoms with E-state index in [2.05, 4.69) is 47.0 Å². The van der Waals surface area contributed by atoms with Gasteiger partial charge in [0.2, 0.25) is 0 Å². The van der Waals surface area contributed by atoms with Gasteiger partial charge in [0.15, 0.2) is 4.96 Å². The van der Waals surface area contributed by atoms with Gasteiger partial charge in [-0.25, -0.2) is 4.98 Å². The molecule has 0 aliphatic carbocycles. The van der Waals surface area contributed by atoms with Crippen LogP contribution in [-0.4, -0.2) is 36.3 Å². The number of imidazole rings is 1. The number of hydrogen-bond donors (Lipinski definition) is 1. The lowest BCUT2D eigenvalue weighted by molar-refractivity contribution is 0.210. The highest BCUT2D eigenvalue weighted by Crippen LogP contribution is 2.36. The number of aryl methyl sites for hydroxylation is 1. The predicted octanol–water partition coefficient (Wildman–Crippen LogP) is 4.98. The summed E-state index contributed by atoms with van der Waals surface area (Å²) in [4.78, 5) is 5.93. The van der Waals surface area contributed by atoms with Gasteiger partial charge in [0, 0.05) is 19.2 Å². The van der Waals surface area contributed by atoms with Gasteiger partial charge in [-0.15, -0.1) is 0 Å². The molecule has 5 nitrogen and oxygen atoms in total. The van der Waals surface area contributed by atoms with Crippen LogP contribution in [0.25, 0.3) is 26.4 Å². The van der Waals surface area contributed by atoms with Gasteiger partial charge in [-0.2, -0.15) is 0 Å². The Morgan fingerprint density at radius 2 is 1.96 bits per heavy atom. The third-order valence-electron chi connectivity index (χ3n) is 4.44. The molecule has 27 heavy (non-hydrogen) atoms. The normalized spacial score (nSPS) is 11.4. The minimum absolute atomic E-state index is 0.636. The van der Waals surface area contributed by atoms with Crippen LogP contribution in [0, 0.1) is 6.92 Å². The maximum absolute atomic E-state index is 5.56. The molecule has 2 aromatic carbocycles. The number of aromatic nitrogens is 2. The zero-order valence-corrected chi connectivity index (χ0v) is 16.6. The molecule has 140 valence electrons. The van der Waals surface area contributed by atoms with Gasteiger partial charge in [-0.1, -0.05) is 17.4 Å². The fourth-order valence-corrected chi connectivity index (χ4v) is 4.31. The van der Waals surface area contributed by atoms with Crippen LogP contribution >= 0.6 is 11.3 Å². The van der Waals surface area contributed by atoms with Crippen LogP contribution in [0.4, 0.5) is 5.82 Å². The highest BCUT2D eigenvalue weighted by molar-refractivity contribution is 7.23. The number of nitrogens with zero attached hydrogens (tertiary/aromatic N) is 2. The molecule has 0 spiro atoms. The Labute approximate surface area is 162 Å². The number of rotatable bonds is 7. The number of benzene rings is 2. The van der Waals surface area contributed by atoms with Crippen molar-refractivity contribution in [2.45, 2.75) is 13.8 Å². The lowest BCUT2D eigenvalue weighted by Gasteiger charge is -2.09. The Bertz CT molecular complexity index is 1070. The lowest BCUT2D eigenvalue weighted by atomic mass is 10.1. The first kappa shape index (κ1) is 17.8. The van der Waals surface area contributed by atoms with Crippen molar-refractivity contribution in [3.8, 4) is 17.0 Å². The van der Waals surface area contributed by atoms with Crippen LogP contribution in [0.1, 0.15) is 12.5 Å². The van der Waals surface area contributed by atoms with Crippen molar-refractivity contribution >= 4 is 32.3 Å². The average Bonchev–Trinajstić information content (AvgIpc) is 3.19. The zero-order chi connectivity index (χ0) is 18.8. The van der Waals surface area contributed by atoms with Gasteiger partial charge in [-0.05, 0) is 55.8 Å². The predicted molar refractivity (Wildman–Crippen MR) is 112 cm³/mol. The highest BCUT2D eigenvalue weighted by Gasteiger charge is 2.18. The summed E-state index contributed by atoms with van der Waals surface area (Å²) in [5.74, 6) is 1.87.